The van der Waals surface area contributed by atoms with Gasteiger partial charge in [0.2, 0.25) is 12.7 Å². The molecule has 0 unspecified atom stereocenters. The van der Waals surface area contributed by atoms with Crippen molar-refractivity contribution in [3.63, 3.8) is 0 Å². The zero-order chi connectivity index (χ0) is 27.5. The Morgan fingerprint density at radius 1 is 1.10 bits per heavy atom. The van der Waals surface area contributed by atoms with Crippen LogP contribution in [0.25, 0.3) is 16.2 Å². The molecule has 10 nitrogen and oxygen atoms in total. The summed E-state index contributed by atoms with van der Waals surface area (Å²) in [5.41, 5.74) is 0.188. The average molecular weight is 564 g/mol. The summed E-state index contributed by atoms with van der Waals surface area (Å²) in [5, 5.41) is 15.8. The van der Waals surface area contributed by atoms with Gasteiger partial charge in [-0.15, -0.1) is 0 Å². The van der Waals surface area contributed by atoms with Gasteiger partial charge < -0.3 is 19.7 Å². The lowest BCUT2D eigenvalue weighted by molar-refractivity contribution is -0.385. The normalized spacial score (nSPS) is 21.2. The Bertz CT molecular complexity index is 1420. The van der Waals surface area contributed by atoms with Gasteiger partial charge in [0.15, 0.2) is 11.5 Å². The van der Waals surface area contributed by atoms with Crippen molar-refractivity contribution in [2.24, 2.45) is 11.8 Å². The summed E-state index contributed by atoms with van der Waals surface area (Å²) in [5.74, 6) is 2.61. The zero-order valence-electron chi connectivity index (χ0n) is 22.3. The minimum Gasteiger partial charge on any atom is -0.454 e. The number of hydrogen-bond donors (Lipinski definition) is 1. The van der Waals surface area contributed by atoms with Crippen LogP contribution in [0.3, 0.4) is 0 Å². The first-order valence-electron chi connectivity index (χ1n) is 13.9. The SMILES string of the molecule is O=C(C=Cc1cc2c(cc1[N+](=O)[O-])OCO2)NC[C@@H]1CCCC[C@@H]1CN1CCN(c2nsc3ccccc23)CC1. The zero-order valence-corrected chi connectivity index (χ0v) is 23.1. The average Bonchev–Trinajstić information content (AvgIpc) is 3.62. The van der Waals surface area contributed by atoms with Crippen LogP contribution in [0.15, 0.2) is 42.5 Å². The summed E-state index contributed by atoms with van der Waals surface area (Å²) in [6, 6.07) is 11.3. The van der Waals surface area contributed by atoms with Crippen LogP contribution in [-0.2, 0) is 4.79 Å². The van der Waals surface area contributed by atoms with Crippen LogP contribution in [0.4, 0.5) is 11.5 Å². The van der Waals surface area contributed by atoms with E-state index in [1.807, 2.05) is 0 Å². The van der Waals surface area contributed by atoms with Crippen LogP contribution < -0.4 is 19.7 Å². The Kier molecular flexibility index (Phi) is 7.83. The molecule has 3 aliphatic rings. The van der Waals surface area contributed by atoms with Gasteiger partial charge in [0.05, 0.1) is 21.3 Å². The number of anilines is 1. The summed E-state index contributed by atoms with van der Waals surface area (Å²) < 4.78 is 16.5. The second-order valence-electron chi connectivity index (χ2n) is 10.7. The molecule has 0 spiro atoms. The quantitative estimate of drug-likeness (QED) is 0.239. The first-order valence-corrected chi connectivity index (χ1v) is 14.7. The fourth-order valence-electron chi connectivity index (χ4n) is 6.06. The van der Waals surface area contributed by atoms with Crippen LogP contribution in [0.1, 0.15) is 31.2 Å². The van der Waals surface area contributed by atoms with E-state index in [1.54, 1.807) is 11.5 Å². The molecule has 2 aromatic carbocycles. The molecule has 3 aromatic rings. The van der Waals surface area contributed by atoms with E-state index in [1.165, 1.54) is 53.6 Å². The molecular weight excluding hydrogens is 530 g/mol. The van der Waals surface area contributed by atoms with Gasteiger partial charge in [-0.25, -0.2) is 0 Å². The van der Waals surface area contributed by atoms with Crippen molar-refractivity contribution >= 4 is 45.1 Å². The van der Waals surface area contributed by atoms with Gasteiger partial charge in [-0.05, 0) is 60.5 Å². The predicted octanol–water partition coefficient (Wildman–Crippen LogP) is 4.69. The molecule has 0 radical (unpaired) electrons. The fraction of sp³-hybridized carbons (Fsp3) is 0.448. The molecule has 2 atom stereocenters. The van der Waals surface area contributed by atoms with Crippen molar-refractivity contribution in [3.8, 4) is 11.5 Å². The number of carbonyl (C=O) groups excluding carboxylic acids is 1. The van der Waals surface area contributed by atoms with Gasteiger partial charge in [-0.1, -0.05) is 25.0 Å². The lowest BCUT2D eigenvalue weighted by Crippen LogP contribution is -2.49. The molecule has 0 bridgehead atoms. The van der Waals surface area contributed by atoms with Crippen LogP contribution >= 0.6 is 11.5 Å². The molecule has 1 saturated heterocycles. The number of ether oxygens (including phenoxy) is 2. The fourth-order valence-corrected chi connectivity index (χ4v) is 6.86. The monoisotopic (exact) mass is 563 g/mol. The first kappa shape index (κ1) is 26.5. The molecule has 1 saturated carbocycles. The minimum absolute atomic E-state index is 0.0291. The molecule has 1 aromatic heterocycles. The molecule has 40 heavy (non-hydrogen) atoms. The smallest absolute Gasteiger partial charge is 0.280 e. The maximum Gasteiger partial charge on any atom is 0.280 e. The summed E-state index contributed by atoms with van der Waals surface area (Å²) in [7, 11) is 0. The van der Waals surface area contributed by atoms with Gasteiger partial charge in [-0.2, -0.15) is 4.37 Å². The second-order valence-corrected chi connectivity index (χ2v) is 11.5. The number of hydrogen-bond acceptors (Lipinski definition) is 9. The molecule has 6 rings (SSSR count). The van der Waals surface area contributed by atoms with E-state index in [2.05, 4.69) is 39.4 Å². The van der Waals surface area contributed by atoms with Crippen molar-refractivity contribution in [2.75, 3.05) is 51.0 Å². The highest BCUT2D eigenvalue weighted by Crippen LogP contribution is 2.38. The largest absolute Gasteiger partial charge is 0.454 e. The number of nitro benzene ring substituents is 1. The van der Waals surface area contributed by atoms with E-state index in [0.717, 1.165) is 45.0 Å². The van der Waals surface area contributed by atoms with Gasteiger partial charge in [0.25, 0.3) is 5.69 Å². The maximum atomic E-state index is 12.7. The number of nitrogens with one attached hydrogen (secondary N) is 1. The standard InChI is InChI=1S/C29H33N5O5S/c35-28(10-9-20-15-25-26(39-19-38-25)16-24(20)34(36)37)30-17-21-5-1-2-6-22(21)18-32-11-13-33(14-12-32)29-23-7-3-4-8-27(23)40-31-29/h3-4,7-10,15-16,21-22H,1-2,5-6,11-14,17-19H2,(H,30,35)/t21-,22+/m0/s1. The summed E-state index contributed by atoms with van der Waals surface area (Å²) >= 11 is 1.57. The third-order valence-electron chi connectivity index (χ3n) is 8.26. The number of nitro groups is 1. The van der Waals surface area contributed by atoms with Crippen molar-refractivity contribution in [1.29, 1.82) is 0 Å². The second kappa shape index (κ2) is 11.8. The molecule has 11 heteroatoms. The molecule has 210 valence electrons. The summed E-state index contributed by atoms with van der Waals surface area (Å²) in [6.07, 6.45) is 7.53. The highest BCUT2D eigenvalue weighted by molar-refractivity contribution is 7.13. The van der Waals surface area contributed by atoms with Crippen molar-refractivity contribution in [1.82, 2.24) is 14.6 Å². The number of piperazine rings is 1. The van der Waals surface area contributed by atoms with Crippen molar-refractivity contribution in [2.45, 2.75) is 25.7 Å². The Balaban J connectivity index is 1.02. The molecule has 1 N–H and O–H groups in total. The van der Waals surface area contributed by atoms with Crippen LogP contribution in [0.5, 0.6) is 11.5 Å². The number of amides is 1. The topological polar surface area (TPSA) is 110 Å². The number of benzene rings is 2. The van der Waals surface area contributed by atoms with E-state index in [9.17, 15) is 14.9 Å². The number of fused-ring (bicyclic) bond motifs is 2. The highest BCUT2D eigenvalue weighted by Gasteiger charge is 2.29. The number of nitrogens with zero attached hydrogens (tertiary/aromatic N) is 4. The Morgan fingerprint density at radius 3 is 2.65 bits per heavy atom. The molecule has 1 amide bonds. The number of carbonyl (C=O) groups is 1. The molecule has 2 aliphatic heterocycles. The van der Waals surface area contributed by atoms with Gasteiger partial charge in [-0.3, -0.25) is 19.8 Å². The molecule has 3 heterocycles. The van der Waals surface area contributed by atoms with E-state index in [-0.39, 0.29) is 18.4 Å². The molecular formula is C29H33N5O5S. The lowest BCUT2D eigenvalue weighted by Gasteiger charge is -2.40. The van der Waals surface area contributed by atoms with Gasteiger partial charge >= 0.3 is 0 Å². The van der Waals surface area contributed by atoms with E-state index in [0.29, 0.717) is 35.4 Å². The van der Waals surface area contributed by atoms with Crippen LogP contribution in [0.2, 0.25) is 0 Å². The van der Waals surface area contributed by atoms with Gasteiger partial charge in [0.1, 0.15) is 5.82 Å². The predicted molar refractivity (Wildman–Crippen MR) is 155 cm³/mol. The third kappa shape index (κ3) is 5.75. The number of rotatable bonds is 8. The maximum absolute atomic E-state index is 12.7. The number of aromatic nitrogens is 1. The van der Waals surface area contributed by atoms with Crippen molar-refractivity contribution in [3.05, 3.63) is 58.2 Å². The minimum atomic E-state index is -0.481. The first-order chi connectivity index (χ1) is 19.5. The van der Waals surface area contributed by atoms with Crippen LogP contribution in [0, 0.1) is 22.0 Å². The molecule has 1 aliphatic carbocycles. The van der Waals surface area contributed by atoms with Crippen molar-refractivity contribution < 1.29 is 19.2 Å². The van der Waals surface area contributed by atoms with Crippen LogP contribution in [-0.4, -0.2) is 66.2 Å². The Morgan fingerprint density at radius 2 is 1.85 bits per heavy atom. The highest BCUT2D eigenvalue weighted by atomic mass is 32.1. The van der Waals surface area contributed by atoms with E-state index >= 15 is 0 Å². The van der Waals surface area contributed by atoms with E-state index < -0.39 is 4.92 Å². The summed E-state index contributed by atoms with van der Waals surface area (Å²) in [4.78, 5) is 28.7. The molecule has 2 fully saturated rings. The Labute approximate surface area is 236 Å². The lowest BCUT2D eigenvalue weighted by atomic mass is 9.78. The van der Waals surface area contributed by atoms with Gasteiger partial charge in [0, 0.05) is 50.7 Å². The summed E-state index contributed by atoms with van der Waals surface area (Å²) in [6.45, 7) is 5.66. The Hall–Kier alpha value is -3.70. The third-order valence-corrected chi connectivity index (χ3v) is 9.08. The van der Waals surface area contributed by atoms with E-state index in [4.69, 9.17) is 13.8 Å².